The molecule has 1 aliphatic heterocycles. The molecule has 0 saturated carbocycles. The van der Waals surface area contributed by atoms with Gasteiger partial charge in [-0.3, -0.25) is 0 Å². The summed E-state index contributed by atoms with van der Waals surface area (Å²) in [6.45, 7) is 6.29. The van der Waals surface area contributed by atoms with E-state index in [0.29, 0.717) is 0 Å². The van der Waals surface area contributed by atoms with Crippen LogP contribution < -0.4 is 5.32 Å². The number of nitrogens with one attached hydrogen (secondary N) is 1. The number of rotatable bonds is 8. The number of aromatic nitrogens is 1. The molecule has 1 saturated heterocycles. The van der Waals surface area contributed by atoms with Gasteiger partial charge in [0.2, 0.25) is 0 Å². The molecule has 0 radical (unpaired) electrons. The summed E-state index contributed by atoms with van der Waals surface area (Å²) >= 11 is 1.84. The van der Waals surface area contributed by atoms with Crippen molar-refractivity contribution in [3.63, 3.8) is 0 Å². The second kappa shape index (κ2) is 9.45. The van der Waals surface area contributed by atoms with Crippen LogP contribution in [0.25, 0.3) is 0 Å². The second-order valence-electron chi connectivity index (χ2n) is 5.40. The van der Waals surface area contributed by atoms with Crippen LogP contribution in [0.3, 0.4) is 0 Å². The van der Waals surface area contributed by atoms with E-state index in [1.54, 1.807) is 7.11 Å². The molecule has 0 aromatic carbocycles. The van der Waals surface area contributed by atoms with Crippen molar-refractivity contribution in [3.05, 3.63) is 16.1 Å². The highest BCUT2D eigenvalue weighted by Crippen LogP contribution is 2.15. The minimum absolute atomic E-state index is 0.765. The molecule has 4 nitrogen and oxygen atoms in total. The average Bonchev–Trinajstić information content (AvgIpc) is 2.75. The fourth-order valence-electron chi connectivity index (χ4n) is 2.54. The third-order valence-electron chi connectivity index (χ3n) is 3.72. The van der Waals surface area contributed by atoms with Crippen LogP contribution >= 0.6 is 11.3 Å². The van der Waals surface area contributed by atoms with E-state index in [2.05, 4.69) is 15.2 Å². The standard InChI is InChI=1S/C15H27N3OS/c1-19-11-7-16-12-14-13-17-15(20-14)6-10-18-8-4-2-3-5-9-18/h13,16H,2-12H2,1H3. The second-order valence-corrected chi connectivity index (χ2v) is 6.60. The summed E-state index contributed by atoms with van der Waals surface area (Å²) in [7, 11) is 1.73. The molecule has 0 spiro atoms. The van der Waals surface area contributed by atoms with Crippen molar-refractivity contribution in [2.75, 3.05) is 39.9 Å². The zero-order valence-electron chi connectivity index (χ0n) is 12.6. The molecule has 1 aromatic rings. The van der Waals surface area contributed by atoms with E-state index in [4.69, 9.17) is 4.74 Å². The number of methoxy groups -OCH3 is 1. The molecule has 20 heavy (non-hydrogen) atoms. The fraction of sp³-hybridized carbons (Fsp3) is 0.800. The van der Waals surface area contributed by atoms with Gasteiger partial charge in [0, 0.05) is 44.2 Å². The van der Waals surface area contributed by atoms with E-state index in [9.17, 15) is 0 Å². The largest absolute Gasteiger partial charge is 0.383 e. The summed E-state index contributed by atoms with van der Waals surface area (Å²) in [6, 6.07) is 0. The molecule has 0 bridgehead atoms. The first-order valence-corrected chi connectivity index (χ1v) is 8.56. The first-order valence-electron chi connectivity index (χ1n) is 7.74. The van der Waals surface area contributed by atoms with Crippen molar-refractivity contribution in [2.24, 2.45) is 0 Å². The van der Waals surface area contributed by atoms with Crippen LogP contribution in [0.15, 0.2) is 6.20 Å². The van der Waals surface area contributed by atoms with E-state index < -0.39 is 0 Å². The van der Waals surface area contributed by atoms with Crippen molar-refractivity contribution in [2.45, 2.75) is 38.6 Å². The van der Waals surface area contributed by atoms with Crippen LogP contribution in [-0.2, 0) is 17.7 Å². The lowest BCUT2D eigenvalue weighted by molar-refractivity contribution is 0.199. The molecular formula is C15H27N3OS. The molecular weight excluding hydrogens is 270 g/mol. The Morgan fingerprint density at radius 3 is 2.85 bits per heavy atom. The molecule has 5 heteroatoms. The maximum atomic E-state index is 5.02. The van der Waals surface area contributed by atoms with Crippen LogP contribution in [0.2, 0.25) is 0 Å². The maximum Gasteiger partial charge on any atom is 0.0940 e. The van der Waals surface area contributed by atoms with Crippen molar-refractivity contribution >= 4 is 11.3 Å². The van der Waals surface area contributed by atoms with Gasteiger partial charge in [0.15, 0.2) is 0 Å². The van der Waals surface area contributed by atoms with Crippen LogP contribution in [0.1, 0.15) is 35.6 Å². The molecule has 2 heterocycles. The van der Waals surface area contributed by atoms with Crippen molar-refractivity contribution in [3.8, 4) is 0 Å². The maximum absolute atomic E-state index is 5.02. The molecule has 1 N–H and O–H groups in total. The SMILES string of the molecule is COCCNCc1cnc(CCN2CCCCCC2)s1. The average molecular weight is 297 g/mol. The monoisotopic (exact) mass is 297 g/mol. The van der Waals surface area contributed by atoms with E-state index >= 15 is 0 Å². The van der Waals surface area contributed by atoms with Crippen molar-refractivity contribution < 1.29 is 4.74 Å². The first-order chi connectivity index (χ1) is 9.88. The number of likely N-dealkylation sites (tertiary alicyclic amines) is 1. The Hall–Kier alpha value is -0.490. The Bertz CT molecular complexity index is 362. The van der Waals surface area contributed by atoms with Crippen LogP contribution in [0.5, 0.6) is 0 Å². The topological polar surface area (TPSA) is 37.4 Å². The van der Waals surface area contributed by atoms with Gasteiger partial charge in [-0.1, -0.05) is 12.8 Å². The number of nitrogens with zero attached hydrogens (tertiary/aromatic N) is 2. The summed E-state index contributed by atoms with van der Waals surface area (Å²) in [5.41, 5.74) is 0. The van der Waals surface area contributed by atoms with Crippen LogP contribution in [-0.4, -0.2) is 49.8 Å². The Morgan fingerprint density at radius 1 is 1.30 bits per heavy atom. The summed E-state index contributed by atoms with van der Waals surface area (Å²) in [5, 5.41) is 4.64. The highest BCUT2D eigenvalue weighted by atomic mass is 32.1. The van der Waals surface area contributed by atoms with Gasteiger partial charge >= 0.3 is 0 Å². The lowest BCUT2D eigenvalue weighted by Gasteiger charge is -2.18. The van der Waals surface area contributed by atoms with Gasteiger partial charge in [0.1, 0.15) is 0 Å². The predicted octanol–water partition coefficient (Wildman–Crippen LogP) is 2.30. The number of ether oxygens (including phenoxy) is 1. The molecule has 0 unspecified atom stereocenters. The third-order valence-corrected chi connectivity index (χ3v) is 4.78. The van der Waals surface area contributed by atoms with E-state index in [0.717, 1.165) is 26.1 Å². The minimum Gasteiger partial charge on any atom is -0.383 e. The van der Waals surface area contributed by atoms with Gasteiger partial charge in [-0.15, -0.1) is 11.3 Å². The number of hydrogen-bond acceptors (Lipinski definition) is 5. The molecule has 0 amide bonds. The van der Waals surface area contributed by atoms with E-state index in [1.165, 1.54) is 55.2 Å². The summed E-state index contributed by atoms with van der Waals surface area (Å²) in [4.78, 5) is 8.47. The van der Waals surface area contributed by atoms with Gasteiger partial charge in [0.25, 0.3) is 0 Å². The normalized spacial score (nSPS) is 17.2. The minimum atomic E-state index is 0.765. The molecule has 2 rings (SSSR count). The van der Waals surface area contributed by atoms with Crippen LogP contribution in [0, 0.1) is 0 Å². The molecule has 1 aromatic heterocycles. The summed E-state index contributed by atoms with van der Waals surface area (Å²) < 4.78 is 5.02. The smallest absolute Gasteiger partial charge is 0.0940 e. The van der Waals surface area contributed by atoms with Crippen molar-refractivity contribution in [1.82, 2.24) is 15.2 Å². The molecule has 1 aliphatic rings. The molecule has 0 aliphatic carbocycles. The van der Waals surface area contributed by atoms with Crippen molar-refractivity contribution in [1.29, 1.82) is 0 Å². The van der Waals surface area contributed by atoms with Gasteiger partial charge < -0.3 is 15.0 Å². The van der Waals surface area contributed by atoms with Crippen LogP contribution in [0.4, 0.5) is 0 Å². The first kappa shape index (κ1) is 15.9. The third kappa shape index (κ3) is 5.87. The number of thiazole rings is 1. The summed E-state index contributed by atoms with van der Waals surface area (Å²) in [6.07, 6.45) is 8.67. The lowest BCUT2D eigenvalue weighted by Crippen LogP contribution is -2.26. The Morgan fingerprint density at radius 2 is 2.10 bits per heavy atom. The highest BCUT2D eigenvalue weighted by molar-refractivity contribution is 7.11. The van der Waals surface area contributed by atoms with Gasteiger partial charge in [-0.2, -0.15) is 0 Å². The van der Waals surface area contributed by atoms with Gasteiger partial charge in [-0.25, -0.2) is 4.98 Å². The van der Waals surface area contributed by atoms with E-state index in [1.807, 2.05) is 17.5 Å². The molecule has 0 atom stereocenters. The zero-order valence-corrected chi connectivity index (χ0v) is 13.4. The quantitative estimate of drug-likeness (QED) is 0.747. The number of hydrogen-bond donors (Lipinski definition) is 1. The Balaban J connectivity index is 1.66. The Kier molecular flexibility index (Phi) is 7.51. The summed E-state index contributed by atoms with van der Waals surface area (Å²) in [5.74, 6) is 0. The van der Waals surface area contributed by atoms with Gasteiger partial charge in [-0.05, 0) is 25.9 Å². The zero-order chi connectivity index (χ0) is 14.0. The van der Waals surface area contributed by atoms with E-state index in [-0.39, 0.29) is 0 Å². The molecule has 1 fully saturated rings. The van der Waals surface area contributed by atoms with Gasteiger partial charge in [0.05, 0.1) is 11.6 Å². The lowest BCUT2D eigenvalue weighted by atomic mass is 10.2. The highest BCUT2D eigenvalue weighted by Gasteiger charge is 2.10. The fourth-order valence-corrected chi connectivity index (χ4v) is 3.43. The molecule has 114 valence electrons. The Labute approximate surface area is 126 Å². The predicted molar refractivity (Wildman–Crippen MR) is 84.3 cm³/mol.